The average molecular weight is 185 g/mol. The summed E-state index contributed by atoms with van der Waals surface area (Å²) >= 11 is 0. The minimum absolute atomic E-state index is 0.0433. The molecule has 0 spiro atoms. The number of hydrogen-bond acceptors (Lipinski definition) is 2. The number of nitrogens with zero attached hydrogens (tertiary/aromatic N) is 1. The minimum Gasteiger partial charge on any atom is -0.875 e. The Kier molecular flexibility index (Phi) is 4.66. The van der Waals surface area contributed by atoms with Crippen LogP contribution in [0.4, 0.5) is 0 Å². The van der Waals surface area contributed by atoms with Crippen molar-refractivity contribution in [2.75, 3.05) is 12.7 Å². The fraction of sp³-hybridized carbons (Fsp3) is 0.625. The van der Waals surface area contributed by atoms with E-state index in [1.165, 1.54) is 6.92 Å². The zero-order valence-electron chi connectivity index (χ0n) is 7.89. The first kappa shape index (κ1) is 11.2. The maximum atomic E-state index is 11.0. The Bertz CT molecular complexity index is 180. The summed E-state index contributed by atoms with van der Waals surface area (Å²) in [5.41, 5.74) is 0. The van der Waals surface area contributed by atoms with Gasteiger partial charge in [-0.2, -0.15) is 0 Å². The second-order valence-corrected chi connectivity index (χ2v) is 5.85. The van der Waals surface area contributed by atoms with Crippen LogP contribution in [-0.4, -0.2) is 32.3 Å². The Morgan fingerprint density at radius 3 is 2.33 bits per heavy atom. The smallest absolute Gasteiger partial charge is 0.219 e. The Morgan fingerprint density at radius 1 is 1.58 bits per heavy atom. The summed E-state index contributed by atoms with van der Waals surface area (Å²) in [7, 11) is -0.498. The third kappa shape index (κ3) is 4.95. The van der Waals surface area contributed by atoms with E-state index in [0.29, 0.717) is 0 Å². The second-order valence-electron chi connectivity index (χ2n) is 3.12. The van der Waals surface area contributed by atoms with Gasteiger partial charge in [-0.05, 0) is 0 Å². The molecule has 0 aliphatic rings. The van der Waals surface area contributed by atoms with Crippen LogP contribution < -0.4 is 5.11 Å². The molecular weight excluding hydrogens is 170 g/mol. The van der Waals surface area contributed by atoms with E-state index >= 15 is 0 Å². The van der Waals surface area contributed by atoms with Gasteiger partial charge in [0.2, 0.25) is 5.91 Å². The average Bonchev–Trinajstić information content (AvgIpc) is 1.83. The molecule has 1 amide bonds. The third-order valence-corrected chi connectivity index (χ3v) is 2.33. The van der Waals surface area contributed by atoms with Gasteiger partial charge >= 0.3 is 0 Å². The Labute approximate surface area is 75.3 Å². The molecule has 0 unspecified atom stereocenters. The summed E-state index contributed by atoms with van der Waals surface area (Å²) in [5.74, 6) is -0.244. The van der Waals surface area contributed by atoms with Gasteiger partial charge in [-0.25, -0.2) is 0 Å². The van der Waals surface area contributed by atoms with Crippen LogP contribution in [0.15, 0.2) is 12.3 Å². The Morgan fingerprint density at radius 2 is 2.08 bits per heavy atom. The van der Waals surface area contributed by atoms with E-state index in [4.69, 9.17) is 0 Å². The van der Waals surface area contributed by atoms with Crippen LogP contribution in [-0.2, 0) is 4.79 Å². The van der Waals surface area contributed by atoms with Crippen LogP contribution in [0, 0.1) is 0 Å². The number of amides is 1. The van der Waals surface area contributed by atoms with Crippen LogP contribution >= 0.6 is 0 Å². The lowest BCUT2D eigenvalue weighted by Crippen LogP contribution is -2.38. The van der Waals surface area contributed by atoms with E-state index in [9.17, 15) is 9.90 Å². The molecule has 3 nitrogen and oxygen atoms in total. The van der Waals surface area contributed by atoms with Gasteiger partial charge in [-0.1, -0.05) is 13.1 Å². The number of carbonyl (C=O) groups excluding carboxylic acids is 1. The zero-order chi connectivity index (χ0) is 9.72. The standard InChI is InChI=1S/C8H16NO2Si/c1-7(10)5-9(8(2)11)6-12(3)4/h10H,1,5-6H2,2-4H3/p-1. The van der Waals surface area contributed by atoms with Gasteiger partial charge in [-0.3, -0.25) is 4.79 Å². The fourth-order valence-corrected chi connectivity index (χ4v) is 1.97. The zero-order valence-corrected chi connectivity index (χ0v) is 8.89. The molecule has 0 aromatic heterocycles. The Hall–Kier alpha value is -0.773. The minimum atomic E-state index is -0.498. The van der Waals surface area contributed by atoms with Gasteiger partial charge in [0, 0.05) is 19.6 Å². The monoisotopic (exact) mass is 185 g/mol. The largest absolute Gasteiger partial charge is 0.875 e. The van der Waals surface area contributed by atoms with Gasteiger partial charge in [0.1, 0.15) is 0 Å². The van der Waals surface area contributed by atoms with E-state index in [2.05, 4.69) is 19.7 Å². The molecule has 0 N–H and O–H groups in total. The highest BCUT2D eigenvalue weighted by molar-refractivity contribution is 6.56. The molecule has 0 fully saturated rings. The summed E-state index contributed by atoms with van der Waals surface area (Å²) in [4.78, 5) is 12.5. The van der Waals surface area contributed by atoms with Crippen molar-refractivity contribution < 1.29 is 9.90 Å². The molecule has 4 heteroatoms. The maximum absolute atomic E-state index is 11.0. The first-order valence-corrected chi connectivity index (χ1v) is 6.53. The van der Waals surface area contributed by atoms with E-state index in [1.807, 2.05) is 0 Å². The van der Waals surface area contributed by atoms with E-state index < -0.39 is 8.80 Å². The van der Waals surface area contributed by atoms with Crippen LogP contribution in [0.5, 0.6) is 0 Å². The van der Waals surface area contributed by atoms with Gasteiger partial charge in [0.15, 0.2) is 0 Å². The molecule has 0 aliphatic heterocycles. The van der Waals surface area contributed by atoms with Crippen molar-refractivity contribution in [3.63, 3.8) is 0 Å². The van der Waals surface area contributed by atoms with Gasteiger partial charge in [0.25, 0.3) is 0 Å². The molecular formula is C8H15NO2Si-. The predicted octanol–water partition coefficient (Wildman–Crippen LogP) is 0.00250. The highest BCUT2D eigenvalue weighted by Gasteiger charge is 2.09. The molecule has 1 radical (unpaired) electrons. The Balaban J connectivity index is 4.04. The normalized spacial score (nSPS) is 10.0. The number of rotatable bonds is 4. The second kappa shape index (κ2) is 4.98. The third-order valence-electron chi connectivity index (χ3n) is 1.32. The fourth-order valence-electron chi connectivity index (χ4n) is 0.873. The molecule has 0 saturated heterocycles. The van der Waals surface area contributed by atoms with Crippen LogP contribution in [0.2, 0.25) is 13.1 Å². The summed E-state index contributed by atoms with van der Waals surface area (Å²) < 4.78 is 0. The lowest BCUT2D eigenvalue weighted by molar-refractivity contribution is -0.306. The number of hydrogen-bond donors (Lipinski definition) is 0. The van der Waals surface area contributed by atoms with Crippen molar-refractivity contribution in [2.45, 2.75) is 20.0 Å². The van der Waals surface area contributed by atoms with Crippen LogP contribution in [0.1, 0.15) is 6.92 Å². The summed E-state index contributed by atoms with van der Waals surface area (Å²) in [5, 5.41) is 10.6. The molecule has 0 bridgehead atoms. The van der Waals surface area contributed by atoms with Crippen molar-refractivity contribution in [3.05, 3.63) is 12.3 Å². The molecule has 69 valence electrons. The summed E-state index contributed by atoms with van der Waals surface area (Å²) in [6.07, 6.45) is 0.723. The molecule has 0 saturated carbocycles. The van der Waals surface area contributed by atoms with Crippen molar-refractivity contribution in [1.29, 1.82) is 0 Å². The first-order chi connectivity index (χ1) is 5.43. The van der Waals surface area contributed by atoms with Crippen LogP contribution in [0.25, 0.3) is 0 Å². The number of carbonyl (C=O) groups is 1. The van der Waals surface area contributed by atoms with Crippen LogP contribution in [0.3, 0.4) is 0 Å². The van der Waals surface area contributed by atoms with Gasteiger partial charge in [-0.15, -0.1) is 12.3 Å². The SMILES string of the molecule is C=C([O-])CN(C[Si](C)C)C(C)=O. The van der Waals surface area contributed by atoms with Crippen molar-refractivity contribution in [2.24, 2.45) is 0 Å². The van der Waals surface area contributed by atoms with E-state index in [0.717, 1.165) is 6.17 Å². The molecule has 0 aliphatic carbocycles. The molecule has 0 atom stereocenters. The van der Waals surface area contributed by atoms with Gasteiger partial charge in [0.05, 0.1) is 8.80 Å². The maximum Gasteiger partial charge on any atom is 0.219 e. The highest BCUT2D eigenvalue weighted by atomic mass is 28.3. The van der Waals surface area contributed by atoms with Crippen molar-refractivity contribution >= 4 is 14.7 Å². The summed E-state index contributed by atoms with van der Waals surface area (Å²) in [6, 6.07) is 0. The molecule has 0 rings (SSSR count). The highest BCUT2D eigenvalue weighted by Crippen LogP contribution is 1.95. The van der Waals surface area contributed by atoms with E-state index in [1.54, 1.807) is 4.90 Å². The molecule has 0 aromatic rings. The topological polar surface area (TPSA) is 43.4 Å². The quantitative estimate of drug-likeness (QED) is 0.457. The first-order valence-electron chi connectivity index (χ1n) is 3.82. The predicted molar refractivity (Wildman–Crippen MR) is 48.9 cm³/mol. The molecule has 0 aromatic carbocycles. The molecule has 12 heavy (non-hydrogen) atoms. The van der Waals surface area contributed by atoms with E-state index in [-0.39, 0.29) is 18.2 Å². The summed E-state index contributed by atoms with van der Waals surface area (Å²) in [6.45, 7) is 9.09. The van der Waals surface area contributed by atoms with Crippen molar-refractivity contribution in [3.8, 4) is 0 Å². The molecule has 0 heterocycles. The van der Waals surface area contributed by atoms with Crippen molar-refractivity contribution in [1.82, 2.24) is 4.90 Å². The van der Waals surface area contributed by atoms with Gasteiger partial charge < -0.3 is 10.0 Å². The lowest BCUT2D eigenvalue weighted by Gasteiger charge is -2.25. The lowest BCUT2D eigenvalue weighted by atomic mass is 10.5.